The van der Waals surface area contributed by atoms with Gasteiger partial charge in [0.05, 0.1) is 6.04 Å². The van der Waals surface area contributed by atoms with Gasteiger partial charge in [-0.15, -0.1) is 0 Å². The first-order valence-corrected chi connectivity index (χ1v) is 7.53. The number of piperidine rings is 1. The monoisotopic (exact) mass is 278 g/mol. The van der Waals surface area contributed by atoms with E-state index in [4.69, 9.17) is 4.52 Å². The van der Waals surface area contributed by atoms with Gasteiger partial charge in [0, 0.05) is 12.6 Å². The summed E-state index contributed by atoms with van der Waals surface area (Å²) in [5.74, 6) is 1.19. The highest BCUT2D eigenvalue weighted by molar-refractivity contribution is 5.90. The van der Waals surface area contributed by atoms with E-state index in [1.807, 2.05) is 4.90 Å². The number of hydrogen-bond acceptors (Lipinski definition) is 5. The minimum Gasteiger partial charge on any atom is -0.337 e. The molecule has 3 rings (SSSR count). The Balaban J connectivity index is 1.73. The molecular weight excluding hydrogens is 256 g/mol. The molecule has 20 heavy (non-hydrogen) atoms. The molecule has 6 heteroatoms. The number of rotatable bonds is 2. The minimum absolute atomic E-state index is 0.1000. The first kappa shape index (κ1) is 13.5. The van der Waals surface area contributed by atoms with Crippen LogP contribution in [0.15, 0.2) is 4.52 Å². The SMILES string of the molecule is CC1CCC(C)N(C(=O)c2noc(C3CCCN3)n2)C1. The van der Waals surface area contributed by atoms with Crippen molar-refractivity contribution in [1.29, 1.82) is 0 Å². The van der Waals surface area contributed by atoms with Crippen LogP contribution in [0.25, 0.3) is 0 Å². The molecular formula is C14H22N4O2. The molecule has 2 aliphatic heterocycles. The lowest BCUT2D eigenvalue weighted by molar-refractivity contribution is 0.0558. The highest BCUT2D eigenvalue weighted by atomic mass is 16.5. The van der Waals surface area contributed by atoms with Crippen LogP contribution in [0.1, 0.15) is 62.1 Å². The Morgan fingerprint density at radius 1 is 1.35 bits per heavy atom. The van der Waals surface area contributed by atoms with Gasteiger partial charge in [0.25, 0.3) is 11.7 Å². The molecule has 110 valence electrons. The van der Waals surface area contributed by atoms with Gasteiger partial charge in [-0.05, 0) is 45.1 Å². The second kappa shape index (κ2) is 5.52. The molecule has 1 amide bonds. The molecule has 0 bridgehead atoms. The summed E-state index contributed by atoms with van der Waals surface area (Å²) < 4.78 is 5.25. The van der Waals surface area contributed by atoms with Gasteiger partial charge < -0.3 is 14.7 Å². The second-order valence-electron chi connectivity index (χ2n) is 6.09. The molecule has 2 fully saturated rings. The Morgan fingerprint density at radius 3 is 2.95 bits per heavy atom. The zero-order valence-electron chi connectivity index (χ0n) is 12.1. The average Bonchev–Trinajstić information content (AvgIpc) is 3.10. The Kier molecular flexibility index (Phi) is 3.74. The highest BCUT2D eigenvalue weighted by Gasteiger charge is 2.31. The molecule has 2 aliphatic rings. The van der Waals surface area contributed by atoms with Crippen LogP contribution in [0, 0.1) is 5.92 Å². The van der Waals surface area contributed by atoms with Crippen molar-refractivity contribution in [3.05, 3.63) is 11.7 Å². The van der Waals surface area contributed by atoms with E-state index >= 15 is 0 Å². The first-order valence-electron chi connectivity index (χ1n) is 7.53. The molecule has 1 N–H and O–H groups in total. The zero-order valence-corrected chi connectivity index (χ0v) is 12.1. The summed E-state index contributed by atoms with van der Waals surface area (Å²) in [6.07, 6.45) is 4.32. The third-order valence-electron chi connectivity index (χ3n) is 4.37. The number of nitrogens with one attached hydrogen (secondary N) is 1. The van der Waals surface area contributed by atoms with Crippen LogP contribution in [-0.2, 0) is 0 Å². The fourth-order valence-electron chi connectivity index (χ4n) is 3.06. The van der Waals surface area contributed by atoms with E-state index < -0.39 is 0 Å². The van der Waals surface area contributed by atoms with E-state index in [9.17, 15) is 4.79 Å². The summed E-state index contributed by atoms with van der Waals surface area (Å²) in [6, 6.07) is 0.368. The molecule has 6 nitrogen and oxygen atoms in total. The molecule has 1 aromatic rings. The topological polar surface area (TPSA) is 71.3 Å². The van der Waals surface area contributed by atoms with E-state index in [0.717, 1.165) is 32.4 Å². The molecule has 0 aliphatic carbocycles. The molecule has 1 aromatic heterocycles. The smallest absolute Gasteiger partial charge is 0.295 e. The van der Waals surface area contributed by atoms with Crippen molar-refractivity contribution in [2.24, 2.45) is 5.92 Å². The van der Waals surface area contributed by atoms with Crippen LogP contribution >= 0.6 is 0 Å². The molecule has 0 spiro atoms. The van der Waals surface area contributed by atoms with Crippen LogP contribution in [0.3, 0.4) is 0 Å². The lowest BCUT2D eigenvalue weighted by Crippen LogP contribution is -2.45. The average molecular weight is 278 g/mol. The number of nitrogens with zero attached hydrogens (tertiary/aromatic N) is 3. The largest absolute Gasteiger partial charge is 0.337 e. The van der Waals surface area contributed by atoms with Gasteiger partial charge in [-0.1, -0.05) is 12.1 Å². The van der Waals surface area contributed by atoms with Crippen LogP contribution in [0.2, 0.25) is 0 Å². The fraction of sp³-hybridized carbons (Fsp3) is 0.786. The summed E-state index contributed by atoms with van der Waals surface area (Å²) in [5.41, 5.74) is 0. The number of carbonyl (C=O) groups excluding carboxylic acids is 1. The summed E-state index contributed by atoms with van der Waals surface area (Å²) in [4.78, 5) is 18.7. The summed E-state index contributed by atoms with van der Waals surface area (Å²) in [7, 11) is 0. The van der Waals surface area contributed by atoms with Crippen LogP contribution in [-0.4, -0.2) is 40.1 Å². The number of carbonyl (C=O) groups is 1. The van der Waals surface area contributed by atoms with Crippen LogP contribution < -0.4 is 5.32 Å². The van der Waals surface area contributed by atoms with Crippen LogP contribution in [0.5, 0.6) is 0 Å². The van der Waals surface area contributed by atoms with Crippen molar-refractivity contribution in [3.8, 4) is 0 Å². The van der Waals surface area contributed by atoms with Crippen molar-refractivity contribution in [1.82, 2.24) is 20.4 Å². The third kappa shape index (κ3) is 2.57. The number of amides is 1. The maximum atomic E-state index is 12.5. The molecule has 3 atom stereocenters. The molecule has 0 saturated carbocycles. The van der Waals surface area contributed by atoms with Gasteiger partial charge >= 0.3 is 0 Å². The predicted molar refractivity (Wildman–Crippen MR) is 73.2 cm³/mol. The Bertz CT molecular complexity index is 481. The van der Waals surface area contributed by atoms with Gasteiger partial charge in [-0.2, -0.15) is 4.98 Å². The zero-order chi connectivity index (χ0) is 14.1. The van der Waals surface area contributed by atoms with Crippen LogP contribution in [0.4, 0.5) is 0 Å². The van der Waals surface area contributed by atoms with E-state index in [0.29, 0.717) is 11.8 Å². The quantitative estimate of drug-likeness (QED) is 0.892. The number of likely N-dealkylation sites (tertiary alicyclic amines) is 1. The molecule has 0 radical (unpaired) electrons. The molecule has 3 unspecified atom stereocenters. The van der Waals surface area contributed by atoms with Crippen molar-refractivity contribution in [2.45, 2.75) is 51.6 Å². The highest BCUT2D eigenvalue weighted by Crippen LogP contribution is 2.24. The van der Waals surface area contributed by atoms with Gasteiger partial charge in [-0.3, -0.25) is 4.79 Å². The van der Waals surface area contributed by atoms with E-state index in [1.54, 1.807) is 0 Å². The van der Waals surface area contributed by atoms with Crippen molar-refractivity contribution in [3.63, 3.8) is 0 Å². The molecule has 0 aromatic carbocycles. The van der Waals surface area contributed by atoms with Gasteiger partial charge in [-0.25, -0.2) is 0 Å². The summed E-state index contributed by atoms with van der Waals surface area (Å²) in [6.45, 7) is 6.02. The standard InChI is InChI=1S/C14H22N4O2/c1-9-5-6-10(2)18(8-9)14(19)12-16-13(20-17-12)11-4-3-7-15-11/h9-11,15H,3-8H2,1-2H3. The number of hydrogen-bond donors (Lipinski definition) is 1. The Morgan fingerprint density at radius 2 is 2.20 bits per heavy atom. The van der Waals surface area contributed by atoms with E-state index in [1.165, 1.54) is 6.42 Å². The van der Waals surface area contributed by atoms with Crippen molar-refractivity contribution in [2.75, 3.05) is 13.1 Å². The third-order valence-corrected chi connectivity index (χ3v) is 4.37. The maximum Gasteiger partial charge on any atom is 0.295 e. The molecule has 3 heterocycles. The van der Waals surface area contributed by atoms with Crippen molar-refractivity contribution >= 4 is 5.91 Å². The normalized spacial score (nSPS) is 30.7. The number of aromatic nitrogens is 2. The lowest BCUT2D eigenvalue weighted by Gasteiger charge is -2.35. The maximum absolute atomic E-state index is 12.5. The van der Waals surface area contributed by atoms with E-state index in [2.05, 4.69) is 29.3 Å². The van der Waals surface area contributed by atoms with E-state index in [-0.39, 0.29) is 23.8 Å². The lowest BCUT2D eigenvalue weighted by atomic mass is 9.95. The van der Waals surface area contributed by atoms with Gasteiger partial charge in [0.15, 0.2) is 0 Å². The molecule has 2 saturated heterocycles. The fourth-order valence-corrected chi connectivity index (χ4v) is 3.06. The van der Waals surface area contributed by atoms with Gasteiger partial charge in [0.2, 0.25) is 5.89 Å². The minimum atomic E-state index is -0.1000. The van der Waals surface area contributed by atoms with Crippen molar-refractivity contribution < 1.29 is 9.32 Å². The first-order chi connectivity index (χ1) is 9.65. The Hall–Kier alpha value is -1.43. The summed E-state index contributed by atoms with van der Waals surface area (Å²) in [5, 5.41) is 7.18. The second-order valence-corrected chi connectivity index (χ2v) is 6.09. The predicted octanol–water partition coefficient (Wildman–Crippen LogP) is 1.75. The van der Waals surface area contributed by atoms with Gasteiger partial charge in [0.1, 0.15) is 0 Å². The Labute approximate surface area is 118 Å². The summed E-state index contributed by atoms with van der Waals surface area (Å²) >= 11 is 0.